The van der Waals surface area contributed by atoms with Crippen molar-refractivity contribution in [3.8, 4) is 0 Å². The maximum Gasteiger partial charge on any atom is 0.330 e. The Hall–Kier alpha value is -1.32. The molecule has 0 aromatic carbocycles. The van der Waals surface area contributed by atoms with Gasteiger partial charge in [-0.2, -0.15) is 0 Å². The topological polar surface area (TPSA) is 52.6 Å². The van der Waals surface area contributed by atoms with Crippen molar-refractivity contribution in [1.82, 2.24) is 0 Å². The zero-order valence-corrected chi connectivity index (χ0v) is 8.83. The summed E-state index contributed by atoms with van der Waals surface area (Å²) in [5.41, 5.74) is -0.371. The minimum absolute atomic E-state index is 0.200. The van der Waals surface area contributed by atoms with E-state index < -0.39 is 5.97 Å². The van der Waals surface area contributed by atoms with E-state index in [0.29, 0.717) is 0 Å². The van der Waals surface area contributed by atoms with Crippen LogP contribution in [0.1, 0.15) is 20.8 Å². The van der Waals surface area contributed by atoms with E-state index in [4.69, 9.17) is 9.47 Å². The number of carbonyl (C=O) groups excluding carboxylic acids is 2. The smallest absolute Gasteiger partial charge is 0.330 e. The molecule has 0 aromatic heterocycles. The van der Waals surface area contributed by atoms with E-state index in [0.717, 1.165) is 6.08 Å². The maximum absolute atomic E-state index is 10.7. The van der Waals surface area contributed by atoms with Crippen LogP contribution in [0.25, 0.3) is 0 Å². The summed E-state index contributed by atoms with van der Waals surface area (Å²) < 4.78 is 9.66. The van der Waals surface area contributed by atoms with Crippen LogP contribution in [0.4, 0.5) is 0 Å². The molecule has 0 amide bonds. The number of ether oxygens (including phenoxy) is 2. The first-order valence-corrected chi connectivity index (χ1v) is 4.30. The normalized spacial score (nSPS) is 10.5. The highest BCUT2D eigenvalue weighted by Crippen LogP contribution is 2.16. The van der Waals surface area contributed by atoms with Gasteiger partial charge in [0, 0.05) is 18.4 Å². The molecule has 0 spiro atoms. The van der Waals surface area contributed by atoms with E-state index in [-0.39, 0.29) is 24.6 Å². The number of esters is 2. The van der Waals surface area contributed by atoms with Crippen LogP contribution in [0.5, 0.6) is 0 Å². The molecule has 0 aliphatic carbocycles. The van der Waals surface area contributed by atoms with Gasteiger partial charge in [-0.15, -0.1) is 0 Å². The van der Waals surface area contributed by atoms with Crippen molar-refractivity contribution in [3.63, 3.8) is 0 Å². The summed E-state index contributed by atoms with van der Waals surface area (Å²) in [6.45, 7) is 8.72. The van der Waals surface area contributed by atoms with Crippen molar-refractivity contribution >= 4 is 11.9 Å². The van der Waals surface area contributed by atoms with Gasteiger partial charge in [-0.05, 0) is 0 Å². The van der Waals surface area contributed by atoms with Crippen molar-refractivity contribution < 1.29 is 19.1 Å². The Kier molecular flexibility index (Phi) is 4.91. The minimum Gasteiger partial charge on any atom is -0.465 e. The highest BCUT2D eigenvalue weighted by molar-refractivity contribution is 5.81. The number of rotatable bonds is 5. The van der Waals surface area contributed by atoms with Gasteiger partial charge in [0.1, 0.15) is 0 Å². The van der Waals surface area contributed by atoms with Gasteiger partial charge >= 0.3 is 11.9 Å². The summed E-state index contributed by atoms with van der Waals surface area (Å²) in [6.07, 6.45) is 1.10. The molecule has 0 saturated heterocycles. The summed E-state index contributed by atoms with van der Waals surface area (Å²) in [5, 5.41) is 0. The highest BCUT2D eigenvalue weighted by Gasteiger charge is 2.21. The second-order valence-electron chi connectivity index (χ2n) is 3.76. The lowest BCUT2D eigenvalue weighted by Crippen LogP contribution is -2.27. The van der Waals surface area contributed by atoms with Crippen molar-refractivity contribution in [2.45, 2.75) is 20.8 Å². The Balaban J connectivity index is 3.88. The summed E-state index contributed by atoms with van der Waals surface area (Å²) in [4.78, 5) is 21.3. The molecule has 0 saturated carbocycles. The molecular formula is C10H16O4. The van der Waals surface area contributed by atoms with Crippen molar-refractivity contribution in [1.29, 1.82) is 0 Å². The molecular weight excluding hydrogens is 184 g/mol. The molecule has 0 fully saturated rings. The average Bonchev–Trinajstić information content (AvgIpc) is 2.11. The fourth-order valence-corrected chi connectivity index (χ4v) is 0.664. The number of hydrogen-bond donors (Lipinski definition) is 0. The molecule has 0 atom stereocenters. The Morgan fingerprint density at radius 2 is 1.79 bits per heavy atom. The van der Waals surface area contributed by atoms with E-state index in [9.17, 15) is 9.59 Å². The predicted molar refractivity (Wildman–Crippen MR) is 51.6 cm³/mol. The highest BCUT2D eigenvalue weighted by atomic mass is 16.5. The third-order valence-electron chi connectivity index (χ3n) is 1.44. The van der Waals surface area contributed by atoms with E-state index in [1.54, 1.807) is 0 Å². The Bertz CT molecular complexity index is 230. The second kappa shape index (κ2) is 5.42. The van der Waals surface area contributed by atoms with Gasteiger partial charge < -0.3 is 9.47 Å². The summed E-state index contributed by atoms with van der Waals surface area (Å²) in [5.74, 6) is -0.811. The molecule has 4 nitrogen and oxygen atoms in total. The second-order valence-corrected chi connectivity index (χ2v) is 3.76. The van der Waals surface area contributed by atoms with Gasteiger partial charge in [0.2, 0.25) is 0 Å². The van der Waals surface area contributed by atoms with Crippen LogP contribution in [0.2, 0.25) is 0 Å². The molecule has 0 rings (SSSR count). The third-order valence-corrected chi connectivity index (χ3v) is 1.44. The van der Waals surface area contributed by atoms with Crippen molar-refractivity contribution in [3.05, 3.63) is 12.7 Å². The Morgan fingerprint density at radius 3 is 2.21 bits per heavy atom. The van der Waals surface area contributed by atoms with Crippen LogP contribution >= 0.6 is 0 Å². The number of hydrogen-bond acceptors (Lipinski definition) is 4. The van der Waals surface area contributed by atoms with Gasteiger partial charge in [-0.25, -0.2) is 4.79 Å². The van der Waals surface area contributed by atoms with E-state index in [1.807, 2.05) is 13.8 Å². The standard InChI is InChI=1S/C10H16O4/c1-5-9(12)14-7-10(3,4)6-13-8(2)11/h5H,1,6-7H2,2-4H3. The molecule has 0 aromatic rings. The van der Waals surface area contributed by atoms with E-state index >= 15 is 0 Å². The fraction of sp³-hybridized carbons (Fsp3) is 0.600. The minimum atomic E-state index is -0.471. The van der Waals surface area contributed by atoms with Crippen LogP contribution in [-0.4, -0.2) is 25.2 Å². The van der Waals surface area contributed by atoms with Crippen LogP contribution in [0.3, 0.4) is 0 Å². The average molecular weight is 200 g/mol. The van der Waals surface area contributed by atoms with Gasteiger partial charge in [0.05, 0.1) is 13.2 Å². The Labute approximate surface area is 83.9 Å². The van der Waals surface area contributed by atoms with Crippen LogP contribution in [-0.2, 0) is 19.1 Å². The molecule has 14 heavy (non-hydrogen) atoms. The van der Waals surface area contributed by atoms with Gasteiger partial charge in [0.15, 0.2) is 0 Å². The molecule has 0 radical (unpaired) electrons. The summed E-state index contributed by atoms with van der Waals surface area (Å²) >= 11 is 0. The predicted octanol–water partition coefficient (Wildman–Crippen LogP) is 1.30. The molecule has 0 heterocycles. The van der Waals surface area contributed by atoms with Gasteiger partial charge in [-0.1, -0.05) is 20.4 Å². The largest absolute Gasteiger partial charge is 0.465 e. The van der Waals surface area contributed by atoms with Gasteiger partial charge in [0.25, 0.3) is 0 Å². The molecule has 0 N–H and O–H groups in total. The lowest BCUT2D eigenvalue weighted by Gasteiger charge is -2.22. The fourth-order valence-electron chi connectivity index (χ4n) is 0.664. The Morgan fingerprint density at radius 1 is 1.29 bits per heavy atom. The first-order valence-electron chi connectivity index (χ1n) is 4.30. The van der Waals surface area contributed by atoms with Crippen molar-refractivity contribution in [2.24, 2.45) is 5.41 Å². The van der Waals surface area contributed by atoms with E-state index in [1.165, 1.54) is 6.92 Å². The molecule has 4 heteroatoms. The maximum atomic E-state index is 10.7. The first kappa shape index (κ1) is 12.7. The van der Waals surface area contributed by atoms with Crippen molar-refractivity contribution in [2.75, 3.05) is 13.2 Å². The summed E-state index contributed by atoms with van der Waals surface area (Å²) in [7, 11) is 0. The SMILES string of the molecule is C=CC(=O)OCC(C)(C)COC(C)=O. The molecule has 0 unspecified atom stereocenters. The quantitative estimate of drug-likeness (QED) is 0.496. The molecule has 0 aliphatic rings. The molecule has 0 aliphatic heterocycles. The van der Waals surface area contributed by atoms with Gasteiger partial charge in [-0.3, -0.25) is 4.79 Å². The monoisotopic (exact) mass is 200 g/mol. The first-order chi connectivity index (χ1) is 6.37. The summed E-state index contributed by atoms with van der Waals surface area (Å²) in [6, 6.07) is 0. The van der Waals surface area contributed by atoms with E-state index in [2.05, 4.69) is 6.58 Å². The third kappa shape index (κ3) is 6.22. The van der Waals surface area contributed by atoms with Crippen LogP contribution < -0.4 is 0 Å². The lowest BCUT2D eigenvalue weighted by atomic mass is 9.96. The molecule has 80 valence electrons. The number of carbonyl (C=O) groups is 2. The molecule has 0 bridgehead atoms. The lowest BCUT2D eigenvalue weighted by molar-refractivity contribution is -0.148. The zero-order chi connectivity index (χ0) is 11.2. The van der Waals surface area contributed by atoms with Crippen LogP contribution in [0.15, 0.2) is 12.7 Å². The zero-order valence-electron chi connectivity index (χ0n) is 8.83. The van der Waals surface area contributed by atoms with Crippen LogP contribution in [0, 0.1) is 5.41 Å².